The molecule has 3 heterocycles. The van der Waals surface area contributed by atoms with Crippen molar-refractivity contribution >= 4 is 46.1 Å². The Labute approximate surface area is 192 Å². The predicted octanol–water partition coefficient (Wildman–Crippen LogP) is 4.14. The van der Waals surface area contributed by atoms with Crippen LogP contribution in [0.5, 0.6) is 11.5 Å². The normalized spacial score (nSPS) is 13.9. The molecule has 4 rings (SSSR count). The van der Waals surface area contributed by atoms with E-state index >= 15 is 0 Å². The Hall–Kier alpha value is -2.62. The van der Waals surface area contributed by atoms with Crippen molar-refractivity contribution in [3.05, 3.63) is 51.3 Å². The lowest BCUT2D eigenvalue weighted by molar-refractivity contribution is 0.0532. The number of carbonyl (C=O) groups excluding carboxylic acids is 2. The van der Waals surface area contributed by atoms with Crippen molar-refractivity contribution in [1.82, 2.24) is 14.8 Å². The topological polar surface area (TPSA) is 72.0 Å². The maximum Gasteiger partial charge on any atom is 0.273 e. The Bertz CT molecular complexity index is 1080. The molecule has 1 aliphatic heterocycles. The molecule has 3 aromatic rings. The Balaban J connectivity index is 1.40. The van der Waals surface area contributed by atoms with Gasteiger partial charge in [0.15, 0.2) is 0 Å². The third-order valence-electron chi connectivity index (χ3n) is 4.96. The van der Waals surface area contributed by atoms with E-state index in [4.69, 9.17) is 21.1 Å². The van der Waals surface area contributed by atoms with Gasteiger partial charge in [0, 0.05) is 43.2 Å². The number of rotatable bonds is 5. The minimum Gasteiger partial charge on any atom is -0.497 e. The van der Waals surface area contributed by atoms with Gasteiger partial charge in [0.2, 0.25) is 0 Å². The van der Waals surface area contributed by atoms with E-state index in [0.29, 0.717) is 53.3 Å². The van der Waals surface area contributed by atoms with Gasteiger partial charge in [-0.15, -0.1) is 22.7 Å². The van der Waals surface area contributed by atoms with Crippen LogP contribution in [0.1, 0.15) is 20.8 Å². The van der Waals surface area contributed by atoms with Crippen LogP contribution in [0.2, 0.25) is 4.34 Å². The summed E-state index contributed by atoms with van der Waals surface area (Å²) in [6.45, 7) is 1.79. The number of hydrogen-bond donors (Lipinski definition) is 0. The molecule has 0 bridgehead atoms. The highest BCUT2D eigenvalue weighted by atomic mass is 35.5. The SMILES string of the molecule is COc1cc(OC)cc(C(=O)N2CCN(C(=O)c3csc(-c4ccc(Cl)s4)n3)CC2)c1. The monoisotopic (exact) mass is 477 g/mol. The molecule has 0 atom stereocenters. The molecule has 2 amide bonds. The Kier molecular flexibility index (Phi) is 6.45. The third-order valence-corrected chi connectivity index (χ3v) is 7.20. The molecule has 162 valence electrons. The molecule has 2 aromatic heterocycles. The van der Waals surface area contributed by atoms with Crippen molar-refractivity contribution in [3.63, 3.8) is 0 Å². The number of halogens is 1. The number of thiazole rings is 1. The molecule has 7 nitrogen and oxygen atoms in total. The molecule has 31 heavy (non-hydrogen) atoms. The van der Waals surface area contributed by atoms with E-state index in [9.17, 15) is 9.59 Å². The summed E-state index contributed by atoms with van der Waals surface area (Å²) >= 11 is 8.85. The second kappa shape index (κ2) is 9.25. The maximum absolute atomic E-state index is 12.9. The number of aromatic nitrogens is 1. The maximum atomic E-state index is 12.9. The quantitative estimate of drug-likeness (QED) is 0.552. The summed E-state index contributed by atoms with van der Waals surface area (Å²) in [4.78, 5) is 34.7. The number of methoxy groups -OCH3 is 2. The lowest BCUT2D eigenvalue weighted by atomic mass is 10.1. The molecule has 1 fully saturated rings. The molecule has 1 saturated heterocycles. The molecule has 1 aromatic carbocycles. The van der Waals surface area contributed by atoms with E-state index in [-0.39, 0.29) is 11.8 Å². The number of ether oxygens (including phenoxy) is 2. The Morgan fingerprint density at radius 1 is 0.968 bits per heavy atom. The number of piperazine rings is 1. The van der Waals surface area contributed by atoms with Gasteiger partial charge in [-0.05, 0) is 24.3 Å². The van der Waals surface area contributed by atoms with Crippen molar-refractivity contribution in [2.24, 2.45) is 0 Å². The van der Waals surface area contributed by atoms with E-state index < -0.39 is 0 Å². The number of thiophene rings is 1. The minimum absolute atomic E-state index is 0.116. The molecule has 0 N–H and O–H groups in total. The molecule has 10 heteroatoms. The zero-order valence-electron chi connectivity index (χ0n) is 17.0. The summed E-state index contributed by atoms with van der Waals surface area (Å²) in [5.41, 5.74) is 0.913. The first-order valence-corrected chi connectivity index (χ1v) is 11.6. The van der Waals surface area contributed by atoms with E-state index in [1.165, 1.54) is 22.7 Å². The van der Waals surface area contributed by atoms with Gasteiger partial charge in [-0.3, -0.25) is 9.59 Å². The Morgan fingerprint density at radius 2 is 1.58 bits per heavy atom. The number of benzene rings is 1. The summed E-state index contributed by atoms with van der Waals surface area (Å²) in [6, 6.07) is 8.82. The van der Waals surface area contributed by atoms with Gasteiger partial charge in [-0.25, -0.2) is 4.98 Å². The molecule has 0 spiro atoms. The van der Waals surface area contributed by atoms with Crippen LogP contribution in [0.3, 0.4) is 0 Å². The van der Waals surface area contributed by atoms with E-state index in [1.54, 1.807) is 47.6 Å². The Morgan fingerprint density at radius 3 is 2.13 bits per heavy atom. The van der Waals surface area contributed by atoms with Crippen molar-refractivity contribution in [2.45, 2.75) is 0 Å². The van der Waals surface area contributed by atoms with Crippen molar-refractivity contribution in [1.29, 1.82) is 0 Å². The highest BCUT2D eigenvalue weighted by Crippen LogP contribution is 2.33. The average molecular weight is 478 g/mol. The number of nitrogens with zero attached hydrogens (tertiary/aromatic N) is 3. The predicted molar refractivity (Wildman–Crippen MR) is 122 cm³/mol. The van der Waals surface area contributed by atoms with Gasteiger partial charge in [0.1, 0.15) is 22.2 Å². The van der Waals surface area contributed by atoms with E-state index in [0.717, 1.165) is 9.88 Å². The zero-order chi connectivity index (χ0) is 22.0. The van der Waals surface area contributed by atoms with Crippen LogP contribution in [0.15, 0.2) is 35.7 Å². The highest BCUT2D eigenvalue weighted by Gasteiger charge is 2.27. The minimum atomic E-state index is -0.125. The number of amides is 2. The smallest absolute Gasteiger partial charge is 0.273 e. The van der Waals surface area contributed by atoms with Crippen molar-refractivity contribution in [3.8, 4) is 21.4 Å². The standard InChI is InChI=1S/C21H20ClN3O4S2/c1-28-14-9-13(10-15(11-14)29-2)20(26)24-5-7-25(8-6-24)21(27)16-12-30-19(23-16)17-3-4-18(22)31-17/h3-4,9-12H,5-8H2,1-2H3. The lowest BCUT2D eigenvalue weighted by Crippen LogP contribution is -2.50. The molecule has 0 aliphatic carbocycles. The van der Waals surface area contributed by atoms with Crippen LogP contribution >= 0.6 is 34.3 Å². The van der Waals surface area contributed by atoms with Gasteiger partial charge in [-0.1, -0.05) is 11.6 Å². The van der Waals surface area contributed by atoms with Crippen LogP contribution < -0.4 is 9.47 Å². The van der Waals surface area contributed by atoms with Gasteiger partial charge in [0.05, 0.1) is 23.4 Å². The molecule has 0 saturated carbocycles. The fourth-order valence-corrected chi connectivity index (χ4v) is 5.21. The fourth-order valence-electron chi connectivity index (χ4n) is 3.30. The van der Waals surface area contributed by atoms with Gasteiger partial charge in [0.25, 0.3) is 11.8 Å². The highest BCUT2D eigenvalue weighted by molar-refractivity contribution is 7.23. The average Bonchev–Trinajstić information content (AvgIpc) is 3.47. The molecule has 0 radical (unpaired) electrons. The fraction of sp³-hybridized carbons (Fsp3) is 0.286. The molecule has 1 aliphatic rings. The first-order valence-electron chi connectivity index (χ1n) is 9.51. The number of hydrogen-bond acceptors (Lipinski definition) is 7. The number of carbonyl (C=O) groups is 2. The molecule has 0 unspecified atom stereocenters. The first-order chi connectivity index (χ1) is 15.0. The summed E-state index contributed by atoms with van der Waals surface area (Å²) in [5.74, 6) is 0.876. The van der Waals surface area contributed by atoms with Crippen LogP contribution in [-0.2, 0) is 0 Å². The van der Waals surface area contributed by atoms with Crippen LogP contribution in [0.25, 0.3) is 9.88 Å². The summed E-state index contributed by atoms with van der Waals surface area (Å²) in [7, 11) is 3.09. The molecular weight excluding hydrogens is 458 g/mol. The van der Waals surface area contributed by atoms with E-state index in [2.05, 4.69) is 4.98 Å². The second-order valence-electron chi connectivity index (χ2n) is 6.83. The largest absolute Gasteiger partial charge is 0.497 e. The third kappa shape index (κ3) is 4.68. The van der Waals surface area contributed by atoms with Crippen molar-refractivity contribution in [2.75, 3.05) is 40.4 Å². The van der Waals surface area contributed by atoms with Gasteiger partial charge >= 0.3 is 0 Å². The first kappa shape index (κ1) is 21.6. The summed E-state index contributed by atoms with van der Waals surface area (Å²) < 4.78 is 11.2. The van der Waals surface area contributed by atoms with Crippen LogP contribution in [-0.4, -0.2) is 67.0 Å². The summed E-state index contributed by atoms with van der Waals surface area (Å²) in [6.07, 6.45) is 0. The summed E-state index contributed by atoms with van der Waals surface area (Å²) in [5, 5.41) is 2.55. The van der Waals surface area contributed by atoms with E-state index in [1.807, 2.05) is 12.1 Å². The second-order valence-corrected chi connectivity index (χ2v) is 9.40. The van der Waals surface area contributed by atoms with Crippen LogP contribution in [0, 0.1) is 0 Å². The lowest BCUT2D eigenvalue weighted by Gasteiger charge is -2.34. The van der Waals surface area contributed by atoms with Gasteiger partial charge < -0.3 is 19.3 Å². The zero-order valence-corrected chi connectivity index (χ0v) is 19.4. The van der Waals surface area contributed by atoms with Gasteiger partial charge in [-0.2, -0.15) is 0 Å². The van der Waals surface area contributed by atoms with Crippen molar-refractivity contribution < 1.29 is 19.1 Å². The molecular formula is C21H20ClN3O4S2. The van der Waals surface area contributed by atoms with Crippen LogP contribution in [0.4, 0.5) is 0 Å².